The molecule has 3 rings (SSSR count). The fourth-order valence-corrected chi connectivity index (χ4v) is 4.42. The number of halogens is 3. The standard InChI is InChI=1S/C17H18Cl3N3O3S/c1-8-4-23(5-9(2)26-8)6-10-7-27-17(21-10)22-16(25)13-14(20)11(18)3-12(19)15(13)24/h3,7-9,24H,4-6H2,1-2H3,(H,21,22,25). The molecule has 10 heteroatoms. The molecule has 146 valence electrons. The maximum atomic E-state index is 12.5. The van der Waals surface area contributed by atoms with Gasteiger partial charge in [-0.05, 0) is 19.9 Å². The number of aromatic hydroxyl groups is 1. The van der Waals surface area contributed by atoms with Crippen LogP contribution in [0.2, 0.25) is 15.1 Å². The van der Waals surface area contributed by atoms with Gasteiger partial charge in [0.2, 0.25) is 0 Å². The van der Waals surface area contributed by atoms with E-state index in [1.54, 1.807) is 0 Å². The molecule has 1 aliphatic rings. The largest absolute Gasteiger partial charge is 0.505 e. The molecule has 1 aliphatic heterocycles. The van der Waals surface area contributed by atoms with Crippen molar-refractivity contribution in [3.05, 3.63) is 37.8 Å². The molecule has 1 saturated heterocycles. The molecule has 0 saturated carbocycles. The maximum absolute atomic E-state index is 12.5. The van der Waals surface area contributed by atoms with Crippen LogP contribution in [0.1, 0.15) is 29.9 Å². The number of anilines is 1. The summed E-state index contributed by atoms with van der Waals surface area (Å²) < 4.78 is 5.73. The van der Waals surface area contributed by atoms with Crippen molar-refractivity contribution in [2.75, 3.05) is 18.4 Å². The van der Waals surface area contributed by atoms with Crippen LogP contribution in [-0.2, 0) is 11.3 Å². The molecule has 0 aliphatic carbocycles. The van der Waals surface area contributed by atoms with Gasteiger partial charge in [0, 0.05) is 25.0 Å². The number of carbonyl (C=O) groups is 1. The second-order valence-electron chi connectivity index (χ2n) is 6.43. The Balaban J connectivity index is 1.70. The summed E-state index contributed by atoms with van der Waals surface area (Å²) in [4.78, 5) is 19.2. The lowest BCUT2D eigenvalue weighted by Gasteiger charge is -2.34. The summed E-state index contributed by atoms with van der Waals surface area (Å²) in [6.45, 7) is 6.41. The van der Waals surface area contributed by atoms with Gasteiger partial charge in [-0.3, -0.25) is 15.0 Å². The summed E-state index contributed by atoms with van der Waals surface area (Å²) in [5.74, 6) is -1.05. The van der Waals surface area contributed by atoms with Crippen LogP contribution in [0.4, 0.5) is 5.13 Å². The predicted octanol–water partition coefficient (Wildman–Crippen LogP) is 4.67. The van der Waals surface area contributed by atoms with E-state index in [0.29, 0.717) is 11.7 Å². The number of phenolic OH excluding ortho intramolecular Hbond substituents is 1. The third-order valence-corrected chi connectivity index (χ3v) is 5.91. The average Bonchev–Trinajstić information content (AvgIpc) is 2.99. The number of nitrogens with zero attached hydrogens (tertiary/aromatic N) is 2. The Morgan fingerprint density at radius 2 is 2.00 bits per heavy atom. The summed E-state index contributed by atoms with van der Waals surface area (Å²) >= 11 is 19.1. The van der Waals surface area contributed by atoms with Crippen LogP contribution in [0.15, 0.2) is 11.4 Å². The Morgan fingerprint density at radius 3 is 2.67 bits per heavy atom. The molecule has 2 atom stereocenters. The molecule has 2 unspecified atom stereocenters. The first-order chi connectivity index (χ1) is 12.7. The molecule has 1 aromatic heterocycles. The Kier molecular flexibility index (Phi) is 6.50. The van der Waals surface area contributed by atoms with E-state index in [2.05, 4.69) is 15.2 Å². The molecule has 1 fully saturated rings. The van der Waals surface area contributed by atoms with Crippen molar-refractivity contribution < 1.29 is 14.6 Å². The zero-order chi connectivity index (χ0) is 19.7. The van der Waals surface area contributed by atoms with E-state index in [1.165, 1.54) is 17.4 Å². The monoisotopic (exact) mass is 449 g/mol. The van der Waals surface area contributed by atoms with Crippen molar-refractivity contribution in [1.82, 2.24) is 9.88 Å². The lowest BCUT2D eigenvalue weighted by molar-refractivity contribution is -0.0707. The lowest BCUT2D eigenvalue weighted by Crippen LogP contribution is -2.44. The van der Waals surface area contributed by atoms with Gasteiger partial charge < -0.3 is 9.84 Å². The SMILES string of the molecule is CC1CN(Cc2csc(NC(=O)c3c(O)c(Cl)cc(Cl)c3Cl)n2)CC(C)O1. The Morgan fingerprint density at radius 1 is 1.33 bits per heavy atom. The fourth-order valence-electron chi connectivity index (χ4n) is 3.03. The summed E-state index contributed by atoms with van der Waals surface area (Å²) in [6.07, 6.45) is 0.341. The number of carbonyl (C=O) groups excluding carboxylic acids is 1. The maximum Gasteiger partial charge on any atom is 0.262 e. The number of morpholine rings is 1. The van der Waals surface area contributed by atoms with E-state index < -0.39 is 11.7 Å². The second kappa shape index (κ2) is 8.51. The third-order valence-electron chi connectivity index (χ3n) is 4.03. The molecule has 0 radical (unpaired) electrons. The van der Waals surface area contributed by atoms with Gasteiger partial charge >= 0.3 is 0 Å². The van der Waals surface area contributed by atoms with E-state index in [0.717, 1.165) is 18.8 Å². The van der Waals surface area contributed by atoms with Crippen LogP contribution >= 0.6 is 46.1 Å². The van der Waals surface area contributed by atoms with Gasteiger partial charge in [0.25, 0.3) is 5.91 Å². The van der Waals surface area contributed by atoms with Crippen LogP contribution in [0.3, 0.4) is 0 Å². The average molecular weight is 451 g/mol. The van der Waals surface area contributed by atoms with Crippen molar-refractivity contribution >= 4 is 57.2 Å². The van der Waals surface area contributed by atoms with Crippen LogP contribution in [0.25, 0.3) is 0 Å². The van der Waals surface area contributed by atoms with Crippen LogP contribution in [-0.4, -0.2) is 46.2 Å². The summed E-state index contributed by atoms with van der Waals surface area (Å²) in [5, 5.41) is 14.9. The van der Waals surface area contributed by atoms with Gasteiger partial charge in [-0.2, -0.15) is 0 Å². The van der Waals surface area contributed by atoms with Crippen molar-refractivity contribution in [3.8, 4) is 5.75 Å². The smallest absolute Gasteiger partial charge is 0.262 e. The molecule has 1 aromatic carbocycles. The molecule has 0 spiro atoms. The molecular weight excluding hydrogens is 433 g/mol. The van der Waals surface area contributed by atoms with E-state index in [-0.39, 0.29) is 32.8 Å². The van der Waals surface area contributed by atoms with Gasteiger partial charge in [-0.1, -0.05) is 34.8 Å². The molecule has 0 bridgehead atoms. The van der Waals surface area contributed by atoms with E-state index in [1.807, 2.05) is 19.2 Å². The summed E-state index contributed by atoms with van der Waals surface area (Å²) in [5.41, 5.74) is 0.665. The van der Waals surface area contributed by atoms with E-state index >= 15 is 0 Å². The highest BCUT2D eigenvalue weighted by molar-refractivity contribution is 7.14. The van der Waals surface area contributed by atoms with E-state index in [9.17, 15) is 9.90 Å². The number of hydrogen-bond acceptors (Lipinski definition) is 6. The number of nitrogens with one attached hydrogen (secondary N) is 1. The molecule has 2 aromatic rings. The minimum atomic E-state index is -0.628. The fraction of sp³-hybridized carbons (Fsp3) is 0.412. The highest BCUT2D eigenvalue weighted by atomic mass is 35.5. The first-order valence-corrected chi connectivity index (χ1v) is 10.3. The summed E-state index contributed by atoms with van der Waals surface area (Å²) in [6, 6.07) is 1.28. The van der Waals surface area contributed by atoms with Gasteiger partial charge in [0.05, 0.1) is 33.0 Å². The Hall–Kier alpha value is -1.09. The molecule has 6 nitrogen and oxygen atoms in total. The predicted molar refractivity (Wildman–Crippen MR) is 108 cm³/mol. The van der Waals surface area contributed by atoms with Crippen LogP contribution in [0.5, 0.6) is 5.75 Å². The van der Waals surface area contributed by atoms with Crippen LogP contribution in [0, 0.1) is 0 Å². The van der Waals surface area contributed by atoms with Gasteiger partial charge in [0.15, 0.2) is 5.13 Å². The number of amides is 1. The van der Waals surface area contributed by atoms with Crippen molar-refractivity contribution in [1.29, 1.82) is 0 Å². The third kappa shape index (κ3) is 4.85. The van der Waals surface area contributed by atoms with Crippen molar-refractivity contribution in [3.63, 3.8) is 0 Å². The minimum Gasteiger partial charge on any atom is -0.505 e. The van der Waals surface area contributed by atoms with E-state index in [4.69, 9.17) is 39.5 Å². The van der Waals surface area contributed by atoms with Gasteiger partial charge in [-0.25, -0.2) is 4.98 Å². The Bertz CT molecular complexity index is 825. The zero-order valence-electron chi connectivity index (χ0n) is 14.6. The highest BCUT2D eigenvalue weighted by Gasteiger charge is 2.24. The number of benzene rings is 1. The van der Waals surface area contributed by atoms with Crippen molar-refractivity contribution in [2.45, 2.75) is 32.6 Å². The van der Waals surface area contributed by atoms with Crippen molar-refractivity contribution in [2.24, 2.45) is 0 Å². The Labute approximate surface area is 176 Å². The highest BCUT2D eigenvalue weighted by Crippen LogP contribution is 2.38. The van der Waals surface area contributed by atoms with Gasteiger partial charge in [0.1, 0.15) is 11.3 Å². The molecule has 2 N–H and O–H groups in total. The van der Waals surface area contributed by atoms with Gasteiger partial charge in [-0.15, -0.1) is 11.3 Å². The first kappa shape index (κ1) is 20.6. The number of aromatic nitrogens is 1. The lowest BCUT2D eigenvalue weighted by atomic mass is 10.2. The molecule has 2 heterocycles. The minimum absolute atomic E-state index is 0.0510. The number of ether oxygens (including phenoxy) is 1. The number of thiazole rings is 1. The first-order valence-electron chi connectivity index (χ1n) is 8.24. The number of rotatable bonds is 4. The zero-order valence-corrected chi connectivity index (χ0v) is 17.7. The topological polar surface area (TPSA) is 74.7 Å². The quantitative estimate of drug-likeness (QED) is 0.662. The molecule has 1 amide bonds. The molecular formula is C17H18Cl3N3O3S. The normalized spacial score (nSPS) is 20.6. The second-order valence-corrected chi connectivity index (χ2v) is 8.48. The number of phenols is 1. The molecule has 27 heavy (non-hydrogen) atoms. The number of hydrogen-bond donors (Lipinski definition) is 2. The van der Waals surface area contributed by atoms with Crippen LogP contribution < -0.4 is 5.32 Å². The summed E-state index contributed by atoms with van der Waals surface area (Å²) in [7, 11) is 0.